The molecule has 2 saturated heterocycles. The molecule has 5 nitrogen and oxygen atoms in total. The molecule has 0 aromatic heterocycles. The average Bonchev–Trinajstić information content (AvgIpc) is 2.71. The second-order valence-corrected chi connectivity index (χ2v) is 9.96. The van der Waals surface area contributed by atoms with Crippen LogP contribution in [0.15, 0.2) is 12.1 Å². The van der Waals surface area contributed by atoms with E-state index in [0.717, 1.165) is 42.6 Å². The Bertz CT molecular complexity index is 631. The van der Waals surface area contributed by atoms with E-state index in [1.165, 1.54) is 42.1 Å². The van der Waals surface area contributed by atoms with Crippen LogP contribution in [0.25, 0.3) is 0 Å². The van der Waals surface area contributed by atoms with Gasteiger partial charge in [0.2, 0.25) is 0 Å². The summed E-state index contributed by atoms with van der Waals surface area (Å²) in [5.41, 5.74) is 2.14. The van der Waals surface area contributed by atoms with Gasteiger partial charge in [0.15, 0.2) is 6.29 Å². The highest BCUT2D eigenvalue weighted by atomic mass is 127. The van der Waals surface area contributed by atoms with Crippen molar-refractivity contribution in [2.75, 3.05) is 33.5 Å². The first-order valence-corrected chi connectivity index (χ1v) is 13.1. The van der Waals surface area contributed by atoms with Crippen LogP contribution in [0, 0.1) is 10.5 Å². The molecule has 0 radical (unpaired) electrons. The summed E-state index contributed by atoms with van der Waals surface area (Å²) in [6, 6.07) is 4.32. The third-order valence-corrected chi connectivity index (χ3v) is 6.79. The molecule has 1 aromatic rings. The van der Waals surface area contributed by atoms with Gasteiger partial charge in [-0.2, -0.15) is 0 Å². The quantitative estimate of drug-likeness (QED) is 0.281. The van der Waals surface area contributed by atoms with E-state index < -0.39 is 0 Å². The second-order valence-electron chi connectivity index (χ2n) is 8.72. The second kappa shape index (κ2) is 14.0. The van der Waals surface area contributed by atoms with E-state index in [1.807, 2.05) is 0 Å². The highest BCUT2D eigenvalue weighted by molar-refractivity contribution is 14.1. The molecule has 3 aliphatic rings. The van der Waals surface area contributed by atoms with E-state index in [9.17, 15) is 0 Å². The molecule has 31 heavy (non-hydrogen) atoms. The highest BCUT2D eigenvalue weighted by Gasteiger charge is 2.29. The van der Waals surface area contributed by atoms with Crippen LogP contribution >= 0.6 is 22.6 Å². The molecule has 0 N–H and O–H groups in total. The predicted molar refractivity (Wildman–Crippen MR) is 131 cm³/mol. The van der Waals surface area contributed by atoms with Crippen molar-refractivity contribution in [3.8, 4) is 5.75 Å². The van der Waals surface area contributed by atoms with Gasteiger partial charge in [0.1, 0.15) is 12.4 Å². The Morgan fingerprint density at radius 1 is 0.839 bits per heavy atom. The Hall–Kier alpha value is -0.410. The number of aryl methyl sites for hydroxylation is 1. The summed E-state index contributed by atoms with van der Waals surface area (Å²) in [5, 5.41) is 0. The Balaban J connectivity index is 1.77. The van der Waals surface area contributed by atoms with E-state index in [4.69, 9.17) is 23.7 Å². The number of methoxy groups -OCH3 is 1. The molecular formula is C25H39IO5. The zero-order chi connectivity index (χ0) is 21.9. The minimum absolute atomic E-state index is 0.258. The summed E-state index contributed by atoms with van der Waals surface area (Å²) in [6.07, 6.45) is 12.3. The number of hydrogen-bond acceptors (Lipinski definition) is 5. The van der Waals surface area contributed by atoms with Crippen LogP contribution in [0.1, 0.15) is 81.6 Å². The van der Waals surface area contributed by atoms with Crippen LogP contribution in [0.5, 0.6) is 5.75 Å². The molecule has 0 amide bonds. The van der Waals surface area contributed by atoms with Gasteiger partial charge in [-0.3, -0.25) is 0 Å². The summed E-state index contributed by atoms with van der Waals surface area (Å²) in [4.78, 5) is 0. The van der Waals surface area contributed by atoms with Crippen molar-refractivity contribution >= 4 is 22.6 Å². The van der Waals surface area contributed by atoms with Gasteiger partial charge in [-0.05, 0) is 79.3 Å². The molecule has 1 aliphatic carbocycles. The van der Waals surface area contributed by atoms with Gasteiger partial charge in [0, 0.05) is 10.7 Å². The van der Waals surface area contributed by atoms with Crippen LogP contribution in [0.4, 0.5) is 0 Å². The molecule has 0 spiro atoms. The number of fused-ring (bicyclic) bond motifs is 10. The zero-order valence-corrected chi connectivity index (χ0v) is 21.4. The average molecular weight is 546 g/mol. The maximum atomic E-state index is 6.64. The summed E-state index contributed by atoms with van der Waals surface area (Å²) in [5.74, 6) is 0.880. The van der Waals surface area contributed by atoms with Crippen LogP contribution in [-0.2, 0) is 18.9 Å². The Kier molecular flexibility index (Phi) is 11.4. The molecule has 2 unspecified atom stereocenters. The molecule has 2 aliphatic heterocycles. The van der Waals surface area contributed by atoms with Gasteiger partial charge >= 0.3 is 0 Å². The van der Waals surface area contributed by atoms with Gasteiger partial charge in [0.25, 0.3) is 0 Å². The third-order valence-electron chi connectivity index (χ3n) is 6.16. The van der Waals surface area contributed by atoms with Crippen LogP contribution in [0.3, 0.4) is 0 Å². The van der Waals surface area contributed by atoms with Gasteiger partial charge < -0.3 is 23.7 Å². The largest absolute Gasteiger partial charge is 0.490 e. The van der Waals surface area contributed by atoms with E-state index in [-0.39, 0.29) is 18.5 Å². The van der Waals surface area contributed by atoms with Gasteiger partial charge in [-0.15, -0.1) is 0 Å². The Morgan fingerprint density at radius 2 is 1.45 bits per heavy atom. The summed E-state index contributed by atoms with van der Waals surface area (Å²) >= 11 is 2.38. The van der Waals surface area contributed by atoms with Crippen molar-refractivity contribution in [1.29, 1.82) is 0 Å². The summed E-state index contributed by atoms with van der Waals surface area (Å²) in [7, 11) is 1.68. The van der Waals surface area contributed by atoms with Crippen molar-refractivity contribution in [2.24, 2.45) is 0 Å². The molecule has 176 valence electrons. The number of ether oxygens (including phenoxy) is 5. The van der Waals surface area contributed by atoms with E-state index in [2.05, 4.69) is 41.6 Å². The lowest BCUT2D eigenvalue weighted by Crippen LogP contribution is -2.28. The number of hydrogen-bond donors (Lipinski definition) is 0. The minimum Gasteiger partial charge on any atom is -0.490 e. The van der Waals surface area contributed by atoms with Crippen molar-refractivity contribution in [3.05, 3.63) is 26.8 Å². The fraction of sp³-hybridized carbons (Fsp3) is 0.760. The standard InChI is InChI=1S/C25H39IO5/c1-19-17-20(26)18-23(24(19)29-16-15-28-14-13-27-2)25-30-21-9-6-4-3-5-7-10-22(31-25)12-8-11-21/h17-18,21-22,25H,3-16H2,1-2H3. The van der Waals surface area contributed by atoms with E-state index >= 15 is 0 Å². The van der Waals surface area contributed by atoms with E-state index in [0.29, 0.717) is 26.4 Å². The molecule has 4 rings (SSSR count). The smallest absolute Gasteiger partial charge is 0.188 e. The van der Waals surface area contributed by atoms with E-state index in [1.54, 1.807) is 7.11 Å². The Morgan fingerprint density at radius 3 is 2.13 bits per heavy atom. The first-order chi connectivity index (χ1) is 15.2. The fourth-order valence-electron chi connectivity index (χ4n) is 4.51. The highest BCUT2D eigenvalue weighted by Crippen LogP contribution is 2.38. The minimum atomic E-state index is -0.368. The topological polar surface area (TPSA) is 46.2 Å². The number of halogens is 1. The fourth-order valence-corrected chi connectivity index (χ4v) is 5.31. The first-order valence-electron chi connectivity index (χ1n) is 12.0. The maximum Gasteiger partial charge on any atom is 0.188 e. The van der Waals surface area contributed by atoms with Crippen LogP contribution in [0.2, 0.25) is 0 Å². The lowest BCUT2D eigenvalue weighted by molar-refractivity contribution is -0.215. The monoisotopic (exact) mass is 546 g/mol. The zero-order valence-electron chi connectivity index (χ0n) is 19.2. The molecule has 2 atom stereocenters. The normalized spacial score (nSPS) is 25.5. The first kappa shape index (κ1) is 25.2. The van der Waals surface area contributed by atoms with Crippen molar-refractivity contribution in [3.63, 3.8) is 0 Å². The molecule has 2 bridgehead atoms. The molecule has 1 aromatic carbocycles. The summed E-state index contributed by atoms with van der Waals surface area (Å²) < 4.78 is 31.3. The lowest BCUT2D eigenvalue weighted by atomic mass is 9.97. The number of rotatable bonds is 8. The number of benzene rings is 1. The van der Waals surface area contributed by atoms with Crippen molar-refractivity contribution < 1.29 is 23.7 Å². The molecule has 6 heteroatoms. The van der Waals surface area contributed by atoms with Gasteiger partial charge in [-0.25, -0.2) is 0 Å². The molecule has 2 heterocycles. The van der Waals surface area contributed by atoms with Crippen LogP contribution in [-0.4, -0.2) is 45.7 Å². The molecular weight excluding hydrogens is 507 g/mol. The Labute approximate surface area is 201 Å². The maximum absolute atomic E-state index is 6.64. The molecule has 1 saturated carbocycles. The predicted octanol–water partition coefficient (Wildman–Crippen LogP) is 6.34. The van der Waals surface area contributed by atoms with Crippen molar-refractivity contribution in [1.82, 2.24) is 0 Å². The van der Waals surface area contributed by atoms with Gasteiger partial charge in [0.05, 0.1) is 37.6 Å². The lowest BCUT2D eigenvalue weighted by Gasteiger charge is -2.34. The van der Waals surface area contributed by atoms with Crippen molar-refractivity contribution in [2.45, 2.75) is 89.6 Å². The summed E-state index contributed by atoms with van der Waals surface area (Å²) in [6.45, 7) is 4.31. The SMILES string of the molecule is COCCOCCOc1c(C)cc(I)cc1C1OC2CCCCCCCC(CCC2)O1. The van der Waals surface area contributed by atoms with Gasteiger partial charge in [-0.1, -0.05) is 32.1 Å². The molecule has 3 fully saturated rings. The third kappa shape index (κ3) is 8.46. The van der Waals surface area contributed by atoms with Crippen LogP contribution < -0.4 is 4.74 Å².